The molecule has 2 rings (SSSR count). The fourth-order valence-corrected chi connectivity index (χ4v) is 2.73. The van der Waals surface area contributed by atoms with E-state index in [2.05, 4.69) is 13.2 Å². The van der Waals surface area contributed by atoms with Crippen LogP contribution in [0.3, 0.4) is 0 Å². The Kier molecular flexibility index (Phi) is 10.9. The van der Waals surface area contributed by atoms with Gasteiger partial charge in [0.2, 0.25) is 0 Å². The fraction of sp³-hybridized carbons (Fsp3) is 0.321. The summed E-state index contributed by atoms with van der Waals surface area (Å²) < 4.78 is 41.2. The minimum atomic E-state index is -0.694. The molecule has 0 aliphatic rings. The molecule has 0 aromatic heterocycles. The van der Waals surface area contributed by atoms with Crippen molar-refractivity contribution in [2.75, 3.05) is 26.4 Å². The summed E-state index contributed by atoms with van der Waals surface area (Å²) in [6.45, 7) is 13.4. The van der Waals surface area contributed by atoms with E-state index in [4.69, 9.17) is 23.7 Å². The van der Waals surface area contributed by atoms with Crippen LogP contribution in [-0.2, 0) is 23.9 Å². The maximum atomic E-state index is 14.6. The van der Waals surface area contributed by atoms with Crippen molar-refractivity contribution in [2.45, 2.75) is 27.7 Å². The van der Waals surface area contributed by atoms with Crippen LogP contribution in [0.15, 0.2) is 60.7 Å². The Labute approximate surface area is 215 Å². The summed E-state index contributed by atoms with van der Waals surface area (Å²) in [6, 6.07) is 9.17. The second kappa shape index (κ2) is 13.8. The van der Waals surface area contributed by atoms with Crippen LogP contribution < -0.4 is 14.2 Å². The molecule has 9 heteroatoms. The summed E-state index contributed by atoms with van der Waals surface area (Å²) in [4.78, 5) is 34.9. The molecule has 0 bridgehead atoms. The van der Waals surface area contributed by atoms with E-state index in [0.29, 0.717) is 22.6 Å². The van der Waals surface area contributed by atoms with Crippen molar-refractivity contribution in [2.24, 2.45) is 5.92 Å². The highest BCUT2D eigenvalue weighted by atomic mass is 19.1. The number of halogens is 1. The van der Waals surface area contributed by atoms with Gasteiger partial charge in [-0.3, -0.25) is 4.79 Å². The van der Waals surface area contributed by atoms with E-state index >= 15 is 0 Å². The molecule has 8 nitrogen and oxygen atoms in total. The molecule has 2 aromatic rings. The van der Waals surface area contributed by atoms with Gasteiger partial charge in [0, 0.05) is 11.1 Å². The second-order valence-electron chi connectivity index (χ2n) is 8.41. The fourth-order valence-electron chi connectivity index (χ4n) is 2.73. The van der Waals surface area contributed by atoms with Gasteiger partial charge in [0.05, 0.1) is 5.92 Å². The van der Waals surface area contributed by atoms with Crippen molar-refractivity contribution in [1.82, 2.24) is 0 Å². The number of carbonyl (C=O) groups is 3. The minimum absolute atomic E-state index is 0.00905. The third-order valence-corrected chi connectivity index (χ3v) is 4.74. The van der Waals surface area contributed by atoms with Gasteiger partial charge in [-0.25, -0.2) is 14.0 Å². The van der Waals surface area contributed by atoms with E-state index in [1.807, 2.05) is 0 Å². The van der Waals surface area contributed by atoms with Crippen molar-refractivity contribution in [3.05, 3.63) is 66.5 Å². The van der Waals surface area contributed by atoms with Crippen LogP contribution in [0.5, 0.6) is 17.2 Å². The smallest absolute Gasteiger partial charge is 0.333 e. The molecule has 0 atom stereocenters. The predicted molar refractivity (Wildman–Crippen MR) is 135 cm³/mol. The Balaban J connectivity index is 2.19. The van der Waals surface area contributed by atoms with Gasteiger partial charge in [-0.1, -0.05) is 39.1 Å². The SMILES string of the molecule is C=C(C)C(=O)OCCOc1ccc(-c2ccc(OC(=O)C(C)C)c(F)c2)cc1OCCOC(=O)C(=C)C. The van der Waals surface area contributed by atoms with Gasteiger partial charge in [-0.15, -0.1) is 0 Å². The summed E-state index contributed by atoms with van der Waals surface area (Å²) >= 11 is 0. The van der Waals surface area contributed by atoms with Gasteiger partial charge in [-0.05, 0) is 49.2 Å². The largest absolute Gasteiger partial charge is 0.486 e. The van der Waals surface area contributed by atoms with Crippen molar-refractivity contribution in [3.8, 4) is 28.4 Å². The van der Waals surface area contributed by atoms with Crippen LogP contribution in [0.1, 0.15) is 27.7 Å². The van der Waals surface area contributed by atoms with Crippen LogP contribution in [0.25, 0.3) is 11.1 Å². The molecule has 0 saturated heterocycles. The molecule has 0 aliphatic carbocycles. The van der Waals surface area contributed by atoms with E-state index in [0.717, 1.165) is 0 Å². The van der Waals surface area contributed by atoms with Crippen LogP contribution >= 0.6 is 0 Å². The molecule has 198 valence electrons. The van der Waals surface area contributed by atoms with Crippen LogP contribution in [0, 0.1) is 11.7 Å². The maximum absolute atomic E-state index is 14.6. The zero-order valence-corrected chi connectivity index (χ0v) is 21.4. The first-order valence-electron chi connectivity index (χ1n) is 11.6. The van der Waals surface area contributed by atoms with Crippen LogP contribution in [0.4, 0.5) is 4.39 Å². The third kappa shape index (κ3) is 9.10. The molecule has 0 radical (unpaired) electrons. The number of hydrogen-bond acceptors (Lipinski definition) is 8. The molecule has 0 amide bonds. The van der Waals surface area contributed by atoms with Crippen LogP contribution in [0.2, 0.25) is 0 Å². The molecule has 0 heterocycles. The van der Waals surface area contributed by atoms with E-state index in [9.17, 15) is 18.8 Å². The lowest BCUT2D eigenvalue weighted by atomic mass is 10.0. The average molecular weight is 515 g/mol. The summed E-state index contributed by atoms with van der Waals surface area (Å²) in [5, 5.41) is 0. The highest BCUT2D eigenvalue weighted by Gasteiger charge is 2.15. The lowest BCUT2D eigenvalue weighted by Crippen LogP contribution is -2.15. The summed E-state index contributed by atoms with van der Waals surface area (Å²) in [5.74, 6) is -2.23. The van der Waals surface area contributed by atoms with Gasteiger partial charge in [-0.2, -0.15) is 0 Å². The Hall–Kier alpha value is -4.14. The molecular formula is C28H31FO8. The van der Waals surface area contributed by atoms with Gasteiger partial charge >= 0.3 is 17.9 Å². The number of hydrogen-bond donors (Lipinski definition) is 0. The molecule has 37 heavy (non-hydrogen) atoms. The highest BCUT2D eigenvalue weighted by Crippen LogP contribution is 2.34. The van der Waals surface area contributed by atoms with E-state index in [1.54, 1.807) is 38.1 Å². The van der Waals surface area contributed by atoms with Crippen molar-refractivity contribution < 1.29 is 42.5 Å². The maximum Gasteiger partial charge on any atom is 0.333 e. The number of carbonyl (C=O) groups excluding carboxylic acids is 3. The van der Waals surface area contributed by atoms with E-state index in [-0.39, 0.29) is 43.3 Å². The second-order valence-corrected chi connectivity index (χ2v) is 8.41. The molecule has 0 spiro atoms. The zero-order valence-electron chi connectivity index (χ0n) is 21.4. The summed E-state index contributed by atoms with van der Waals surface area (Å²) in [7, 11) is 0. The number of rotatable bonds is 13. The van der Waals surface area contributed by atoms with E-state index in [1.165, 1.54) is 26.0 Å². The highest BCUT2D eigenvalue weighted by molar-refractivity contribution is 5.87. The van der Waals surface area contributed by atoms with Crippen LogP contribution in [-0.4, -0.2) is 44.3 Å². The van der Waals surface area contributed by atoms with Crippen molar-refractivity contribution >= 4 is 17.9 Å². The normalized spacial score (nSPS) is 10.4. The lowest BCUT2D eigenvalue weighted by Gasteiger charge is -2.15. The first-order valence-corrected chi connectivity index (χ1v) is 11.6. The monoisotopic (exact) mass is 514 g/mol. The summed E-state index contributed by atoms with van der Waals surface area (Å²) in [5.41, 5.74) is 1.63. The average Bonchev–Trinajstić information content (AvgIpc) is 2.85. The van der Waals surface area contributed by atoms with Crippen molar-refractivity contribution in [3.63, 3.8) is 0 Å². The quantitative estimate of drug-likeness (QED) is 0.159. The first-order chi connectivity index (χ1) is 17.5. The van der Waals surface area contributed by atoms with Crippen molar-refractivity contribution in [1.29, 1.82) is 0 Å². The Morgan fingerprint density at radius 1 is 0.757 bits per heavy atom. The van der Waals surface area contributed by atoms with Gasteiger partial charge in [0.1, 0.15) is 26.4 Å². The number of esters is 3. The molecule has 0 saturated carbocycles. The lowest BCUT2D eigenvalue weighted by molar-refractivity contribution is -0.140. The minimum Gasteiger partial charge on any atom is -0.486 e. The van der Waals surface area contributed by atoms with Gasteiger partial charge < -0.3 is 23.7 Å². The molecular weight excluding hydrogens is 483 g/mol. The topological polar surface area (TPSA) is 97.4 Å². The molecule has 2 aromatic carbocycles. The molecule has 0 unspecified atom stereocenters. The Morgan fingerprint density at radius 2 is 1.24 bits per heavy atom. The molecule has 0 aliphatic heterocycles. The molecule has 0 fully saturated rings. The Bertz CT molecular complexity index is 1170. The summed E-state index contributed by atoms with van der Waals surface area (Å²) in [6.07, 6.45) is 0. The number of benzene rings is 2. The van der Waals surface area contributed by atoms with Gasteiger partial charge in [0.15, 0.2) is 23.1 Å². The molecule has 0 N–H and O–H groups in total. The van der Waals surface area contributed by atoms with Gasteiger partial charge in [0.25, 0.3) is 0 Å². The predicted octanol–water partition coefficient (Wildman–Crippen LogP) is 5.05. The standard InChI is InChI=1S/C28H31FO8/c1-17(2)26(30)35-13-11-33-24-10-8-21(16-25(24)34-12-14-36-27(31)18(3)4)20-7-9-23(22(29)15-20)37-28(32)19(5)6/h7-10,15-16,19H,1,3,11-14H2,2,4-6H3. The number of ether oxygens (including phenoxy) is 5. The zero-order chi connectivity index (χ0) is 27.5. The Morgan fingerprint density at radius 3 is 1.73 bits per heavy atom. The third-order valence-electron chi connectivity index (χ3n) is 4.74. The first kappa shape index (κ1) is 29.1. The van der Waals surface area contributed by atoms with E-state index < -0.39 is 29.6 Å².